The summed E-state index contributed by atoms with van der Waals surface area (Å²) in [6.45, 7) is 1.78. The molecule has 0 aliphatic heterocycles. The van der Waals surface area contributed by atoms with Crippen molar-refractivity contribution < 1.29 is 9.32 Å². The fourth-order valence-electron chi connectivity index (χ4n) is 2.12. The van der Waals surface area contributed by atoms with Gasteiger partial charge in [-0.05, 0) is 18.6 Å². The SMILES string of the molecule is Cc1cc(C(=O)Nc2ccccc2-c2ccccc2)on1. The molecule has 3 aromatic rings. The van der Waals surface area contributed by atoms with Gasteiger partial charge in [0.1, 0.15) is 0 Å². The van der Waals surface area contributed by atoms with E-state index in [0.29, 0.717) is 5.69 Å². The summed E-state index contributed by atoms with van der Waals surface area (Å²) in [5, 5.41) is 6.59. The van der Waals surface area contributed by atoms with Gasteiger partial charge in [0.05, 0.1) is 5.69 Å². The van der Waals surface area contributed by atoms with Crippen LogP contribution in [-0.4, -0.2) is 11.1 Å². The number of nitrogens with one attached hydrogen (secondary N) is 1. The smallest absolute Gasteiger partial charge is 0.294 e. The number of benzene rings is 2. The quantitative estimate of drug-likeness (QED) is 0.790. The molecule has 21 heavy (non-hydrogen) atoms. The maximum Gasteiger partial charge on any atom is 0.294 e. The fourth-order valence-corrected chi connectivity index (χ4v) is 2.12. The topological polar surface area (TPSA) is 55.1 Å². The molecule has 0 atom stereocenters. The lowest BCUT2D eigenvalue weighted by Crippen LogP contribution is -2.11. The van der Waals surface area contributed by atoms with Gasteiger partial charge in [-0.2, -0.15) is 0 Å². The molecule has 0 spiro atoms. The molecule has 0 bridgehead atoms. The first kappa shape index (κ1) is 13.1. The Hall–Kier alpha value is -2.88. The molecule has 0 fully saturated rings. The number of hydrogen-bond acceptors (Lipinski definition) is 3. The fraction of sp³-hybridized carbons (Fsp3) is 0.0588. The third-order valence-corrected chi connectivity index (χ3v) is 3.11. The van der Waals surface area contributed by atoms with Crippen LogP contribution in [0.5, 0.6) is 0 Å². The van der Waals surface area contributed by atoms with Crippen molar-refractivity contribution in [2.75, 3.05) is 5.32 Å². The van der Waals surface area contributed by atoms with Crippen LogP contribution in [0.3, 0.4) is 0 Å². The lowest BCUT2D eigenvalue weighted by Gasteiger charge is -2.10. The van der Waals surface area contributed by atoms with Crippen molar-refractivity contribution in [3.8, 4) is 11.1 Å². The van der Waals surface area contributed by atoms with Gasteiger partial charge >= 0.3 is 0 Å². The molecule has 1 aromatic heterocycles. The number of amides is 1. The van der Waals surface area contributed by atoms with Gasteiger partial charge in [-0.25, -0.2) is 0 Å². The van der Waals surface area contributed by atoms with E-state index < -0.39 is 0 Å². The van der Waals surface area contributed by atoms with Gasteiger partial charge in [0, 0.05) is 17.3 Å². The summed E-state index contributed by atoms with van der Waals surface area (Å²) < 4.78 is 4.98. The van der Waals surface area contributed by atoms with Crippen LogP contribution in [0.2, 0.25) is 0 Å². The lowest BCUT2D eigenvalue weighted by molar-refractivity contribution is 0.0988. The van der Waals surface area contributed by atoms with Crippen molar-refractivity contribution in [2.45, 2.75) is 6.92 Å². The first-order valence-electron chi connectivity index (χ1n) is 6.63. The number of para-hydroxylation sites is 1. The number of carbonyl (C=O) groups is 1. The Morgan fingerprint density at radius 3 is 2.48 bits per heavy atom. The van der Waals surface area contributed by atoms with Crippen LogP contribution in [0.15, 0.2) is 65.2 Å². The number of nitrogens with zero attached hydrogens (tertiary/aromatic N) is 1. The van der Waals surface area contributed by atoms with E-state index in [4.69, 9.17) is 4.52 Å². The molecular weight excluding hydrogens is 264 g/mol. The molecule has 1 amide bonds. The van der Waals surface area contributed by atoms with E-state index in [1.807, 2.05) is 54.6 Å². The summed E-state index contributed by atoms with van der Waals surface area (Å²) in [5.41, 5.74) is 3.42. The van der Waals surface area contributed by atoms with Crippen LogP contribution in [0.4, 0.5) is 5.69 Å². The highest BCUT2D eigenvalue weighted by molar-refractivity contribution is 6.04. The number of carbonyl (C=O) groups excluding carboxylic acids is 1. The van der Waals surface area contributed by atoms with Crippen LogP contribution in [0.1, 0.15) is 16.2 Å². The van der Waals surface area contributed by atoms with E-state index >= 15 is 0 Å². The molecule has 0 unspecified atom stereocenters. The zero-order valence-corrected chi connectivity index (χ0v) is 11.5. The second kappa shape index (κ2) is 5.63. The van der Waals surface area contributed by atoms with Crippen molar-refractivity contribution in [2.24, 2.45) is 0 Å². The highest BCUT2D eigenvalue weighted by Gasteiger charge is 2.13. The van der Waals surface area contributed by atoms with Gasteiger partial charge < -0.3 is 9.84 Å². The van der Waals surface area contributed by atoms with Crippen molar-refractivity contribution in [3.05, 3.63) is 72.1 Å². The summed E-state index contributed by atoms with van der Waals surface area (Å²) in [7, 11) is 0. The Morgan fingerprint density at radius 2 is 1.76 bits per heavy atom. The summed E-state index contributed by atoms with van der Waals surface area (Å²) >= 11 is 0. The van der Waals surface area contributed by atoms with E-state index in [2.05, 4.69) is 10.5 Å². The normalized spacial score (nSPS) is 10.3. The maximum atomic E-state index is 12.2. The van der Waals surface area contributed by atoms with Crippen LogP contribution in [0.25, 0.3) is 11.1 Å². The third kappa shape index (κ3) is 2.84. The summed E-state index contributed by atoms with van der Waals surface area (Å²) in [6.07, 6.45) is 0. The third-order valence-electron chi connectivity index (χ3n) is 3.11. The molecule has 1 N–H and O–H groups in total. The highest BCUT2D eigenvalue weighted by Crippen LogP contribution is 2.27. The van der Waals surface area contributed by atoms with Crippen LogP contribution >= 0.6 is 0 Å². The molecule has 0 aliphatic carbocycles. The minimum Gasteiger partial charge on any atom is -0.351 e. The predicted octanol–water partition coefficient (Wildman–Crippen LogP) is 3.90. The van der Waals surface area contributed by atoms with E-state index in [9.17, 15) is 4.79 Å². The van der Waals surface area contributed by atoms with Gasteiger partial charge in [-0.15, -0.1) is 0 Å². The van der Waals surface area contributed by atoms with Crippen LogP contribution < -0.4 is 5.32 Å². The van der Waals surface area contributed by atoms with Crippen molar-refractivity contribution in [1.82, 2.24) is 5.16 Å². The Kier molecular flexibility index (Phi) is 3.51. The highest BCUT2D eigenvalue weighted by atomic mass is 16.5. The molecule has 4 heteroatoms. The second-order valence-electron chi connectivity index (χ2n) is 4.70. The summed E-state index contributed by atoms with van der Waals surface area (Å²) in [4.78, 5) is 12.2. The van der Waals surface area contributed by atoms with Crippen molar-refractivity contribution >= 4 is 11.6 Å². The molecule has 0 aliphatic rings. The zero-order chi connectivity index (χ0) is 14.7. The van der Waals surface area contributed by atoms with E-state index in [1.54, 1.807) is 13.0 Å². The molecule has 2 aromatic carbocycles. The monoisotopic (exact) mass is 278 g/mol. The van der Waals surface area contributed by atoms with Gasteiger partial charge in [0.25, 0.3) is 5.91 Å². The Balaban J connectivity index is 1.91. The van der Waals surface area contributed by atoms with E-state index in [1.165, 1.54) is 0 Å². The van der Waals surface area contributed by atoms with E-state index in [-0.39, 0.29) is 11.7 Å². The number of rotatable bonds is 3. The Bertz CT molecular complexity index is 763. The molecular formula is C17H14N2O2. The average Bonchev–Trinajstić information content (AvgIpc) is 2.95. The minimum absolute atomic E-state index is 0.204. The Morgan fingerprint density at radius 1 is 1.05 bits per heavy atom. The number of aromatic nitrogens is 1. The summed E-state index contributed by atoms with van der Waals surface area (Å²) in [6, 6.07) is 19.2. The van der Waals surface area contributed by atoms with E-state index in [0.717, 1.165) is 16.8 Å². The van der Waals surface area contributed by atoms with Crippen molar-refractivity contribution in [1.29, 1.82) is 0 Å². The molecule has 3 rings (SSSR count). The first-order chi connectivity index (χ1) is 10.2. The van der Waals surface area contributed by atoms with Gasteiger partial charge in [-0.1, -0.05) is 53.7 Å². The minimum atomic E-state index is -0.306. The van der Waals surface area contributed by atoms with Crippen molar-refractivity contribution in [3.63, 3.8) is 0 Å². The molecule has 0 radical (unpaired) electrons. The number of aryl methyl sites for hydroxylation is 1. The zero-order valence-electron chi connectivity index (χ0n) is 11.5. The largest absolute Gasteiger partial charge is 0.351 e. The number of anilines is 1. The summed E-state index contributed by atoms with van der Waals surface area (Å²) in [5.74, 6) is -0.102. The molecule has 104 valence electrons. The van der Waals surface area contributed by atoms with Crippen LogP contribution in [0, 0.1) is 6.92 Å². The van der Waals surface area contributed by atoms with Crippen LogP contribution in [-0.2, 0) is 0 Å². The standard InChI is InChI=1S/C17H14N2O2/c1-12-11-16(21-19-12)17(20)18-15-10-6-5-9-14(15)13-7-3-2-4-8-13/h2-11H,1H3,(H,18,20). The number of hydrogen-bond donors (Lipinski definition) is 1. The van der Waals surface area contributed by atoms with Gasteiger partial charge in [0.2, 0.25) is 5.76 Å². The molecule has 0 saturated carbocycles. The van der Waals surface area contributed by atoms with Gasteiger partial charge in [-0.3, -0.25) is 4.79 Å². The molecule has 4 nitrogen and oxygen atoms in total. The van der Waals surface area contributed by atoms with Gasteiger partial charge in [0.15, 0.2) is 0 Å². The second-order valence-corrected chi connectivity index (χ2v) is 4.70. The predicted molar refractivity (Wildman–Crippen MR) is 81.1 cm³/mol. The molecule has 1 heterocycles. The average molecular weight is 278 g/mol. The first-order valence-corrected chi connectivity index (χ1v) is 6.63. The maximum absolute atomic E-state index is 12.2. The Labute approximate surface area is 122 Å². The lowest BCUT2D eigenvalue weighted by atomic mass is 10.0. The molecule has 0 saturated heterocycles.